The van der Waals surface area contributed by atoms with E-state index in [9.17, 15) is 9.59 Å². The molecule has 128 valence electrons. The van der Waals surface area contributed by atoms with Crippen LogP contribution in [0.1, 0.15) is 21.5 Å². The van der Waals surface area contributed by atoms with Crippen molar-refractivity contribution in [3.8, 4) is 0 Å². The number of aryl methyl sites for hydroxylation is 1. The Balaban J connectivity index is 1.65. The van der Waals surface area contributed by atoms with Crippen LogP contribution in [0.3, 0.4) is 0 Å². The summed E-state index contributed by atoms with van der Waals surface area (Å²) in [4.78, 5) is 22.8. The molecule has 0 bridgehead atoms. The van der Waals surface area contributed by atoms with Gasteiger partial charge in [0.2, 0.25) is 0 Å². The molecule has 0 spiro atoms. The Hall–Kier alpha value is -3.42. The number of amides is 1. The molecule has 25 heavy (non-hydrogen) atoms. The number of carboxylic acid groups (broad SMARTS) is 1. The van der Waals surface area contributed by atoms with Crippen molar-refractivity contribution in [1.29, 1.82) is 0 Å². The zero-order valence-corrected chi connectivity index (χ0v) is 13.6. The number of nitrogens with one attached hydrogen (secondary N) is 1. The Bertz CT molecular complexity index is 912. The lowest BCUT2D eigenvalue weighted by Crippen LogP contribution is -2.13. The zero-order valence-electron chi connectivity index (χ0n) is 13.6. The summed E-state index contributed by atoms with van der Waals surface area (Å²) in [6.07, 6.45) is 4.49. The van der Waals surface area contributed by atoms with Crippen LogP contribution in [0.15, 0.2) is 48.9 Å². The molecular weight excluding hydrogens is 322 g/mol. The molecule has 3 rings (SSSR count). The minimum Gasteiger partial charge on any atom is -0.480 e. The number of rotatable bonds is 6. The summed E-state index contributed by atoms with van der Waals surface area (Å²) in [5.41, 5.74) is 2.60. The first-order chi connectivity index (χ1) is 12.0. The first-order valence-electron chi connectivity index (χ1n) is 7.65. The summed E-state index contributed by atoms with van der Waals surface area (Å²) < 4.78 is 2.93. The number of hydrogen-bond donors (Lipinski definition) is 2. The molecule has 2 N–H and O–H groups in total. The van der Waals surface area contributed by atoms with E-state index in [1.165, 1.54) is 22.6 Å². The van der Waals surface area contributed by atoms with Crippen LogP contribution >= 0.6 is 0 Å². The standard InChI is InChI=1S/C17H17N5O3/c1-12-4-2-3-5-13(12)9-21-7-6-15(20-21)19-17(25)14-8-18-22(10-14)11-16(23)24/h2-8,10H,9,11H2,1H3,(H,23,24)(H,19,20,25). The predicted molar refractivity (Wildman–Crippen MR) is 90.3 cm³/mol. The van der Waals surface area contributed by atoms with Crippen molar-refractivity contribution < 1.29 is 14.7 Å². The molecule has 3 aromatic rings. The van der Waals surface area contributed by atoms with Crippen molar-refractivity contribution in [3.63, 3.8) is 0 Å². The molecule has 2 aromatic heterocycles. The maximum absolute atomic E-state index is 12.2. The highest BCUT2D eigenvalue weighted by molar-refractivity contribution is 6.03. The number of nitrogens with zero attached hydrogens (tertiary/aromatic N) is 4. The highest BCUT2D eigenvalue weighted by Crippen LogP contribution is 2.11. The molecular formula is C17H17N5O3. The Morgan fingerprint density at radius 3 is 2.76 bits per heavy atom. The van der Waals surface area contributed by atoms with Crippen LogP contribution in [-0.2, 0) is 17.9 Å². The van der Waals surface area contributed by atoms with Crippen LogP contribution in [0.4, 0.5) is 5.82 Å². The highest BCUT2D eigenvalue weighted by atomic mass is 16.4. The number of aromatic nitrogens is 4. The first-order valence-corrected chi connectivity index (χ1v) is 7.65. The van der Waals surface area contributed by atoms with Gasteiger partial charge < -0.3 is 10.4 Å². The monoisotopic (exact) mass is 339 g/mol. The van der Waals surface area contributed by atoms with Crippen molar-refractivity contribution in [2.75, 3.05) is 5.32 Å². The van der Waals surface area contributed by atoms with Crippen LogP contribution in [0.5, 0.6) is 0 Å². The van der Waals surface area contributed by atoms with Crippen LogP contribution in [0.2, 0.25) is 0 Å². The molecule has 0 radical (unpaired) electrons. The van der Waals surface area contributed by atoms with Gasteiger partial charge in [-0.15, -0.1) is 0 Å². The van der Waals surface area contributed by atoms with Crippen molar-refractivity contribution in [3.05, 3.63) is 65.6 Å². The van der Waals surface area contributed by atoms with Gasteiger partial charge in [-0.1, -0.05) is 24.3 Å². The average molecular weight is 339 g/mol. The van der Waals surface area contributed by atoms with Crippen molar-refractivity contribution in [2.45, 2.75) is 20.0 Å². The van der Waals surface area contributed by atoms with E-state index in [1.807, 2.05) is 31.2 Å². The van der Waals surface area contributed by atoms with E-state index in [0.29, 0.717) is 12.4 Å². The van der Waals surface area contributed by atoms with Crippen molar-refractivity contribution >= 4 is 17.7 Å². The van der Waals surface area contributed by atoms with E-state index >= 15 is 0 Å². The third-order valence-electron chi connectivity index (χ3n) is 3.67. The van der Waals surface area contributed by atoms with Gasteiger partial charge in [-0.05, 0) is 18.1 Å². The molecule has 0 aliphatic heterocycles. The van der Waals surface area contributed by atoms with E-state index in [0.717, 1.165) is 5.56 Å². The second kappa shape index (κ2) is 7.00. The van der Waals surface area contributed by atoms with Gasteiger partial charge in [0.05, 0.1) is 18.3 Å². The molecule has 2 heterocycles. The molecule has 1 amide bonds. The minimum absolute atomic E-state index is 0.273. The molecule has 0 unspecified atom stereocenters. The van der Waals surface area contributed by atoms with Gasteiger partial charge in [0, 0.05) is 18.5 Å². The molecule has 0 saturated heterocycles. The Morgan fingerprint density at radius 2 is 2.00 bits per heavy atom. The van der Waals surface area contributed by atoms with Gasteiger partial charge in [-0.2, -0.15) is 10.2 Å². The second-order valence-corrected chi connectivity index (χ2v) is 5.60. The van der Waals surface area contributed by atoms with Gasteiger partial charge in [0.15, 0.2) is 5.82 Å². The number of carbonyl (C=O) groups is 2. The Kier molecular flexibility index (Phi) is 4.60. The fourth-order valence-corrected chi connectivity index (χ4v) is 2.37. The maximum atomic E-state index is 12.2. The van der Waals surface area contributed by atoms with Crippen LogP contribution in [-0.4, -0.2) is 36.5 Å². The lowest BCUT2D eigenvalue weighted by Gasteiger charge is -2.05. The second-order valence-electron chi connectivity index (χ2n) is 5.60. The van der Waals surface area contributed by atoms with Gasteiger partial charge >= 0.3 is 5.97 Å². The topological polar surface area (TPSA) is 102 Å². The Labute approximate surface area is 143 Å². The SMILES string of the molecule is Cc1ccccc1Cn1ccc(NC(=O)c2cnn(CC(=O)O)c2)n1. The van der Waals surface area contributed by atoms with Gasteiger partial charge in [-0.3, -0.25) is 19.0 Å². The molecule has 0 aliphatic carbocycles. The molecule has 0 fully saturated rings. The molecule has 8 nitrogen and oxygen atoms in total. The number of hydrogen-bond acceptors (Lipinski definition) is 4. The van der Waals surface area contributed by atoms with Crippen LogP contribution < -0.4 is 5.32 Å². The van der Waals surface area contributed by atoms with Crippen LogP contribution in [0.25, 0.3) is 0 Å². The first kappa shape index (κ1) is 16.4. The smallest absolute Gasteiger partial charge is 0.325 e. The summed E-state index contributed by atoms with van der Waals surface area (Å²) in [6, 6.07) is 9.74. The van der Waals surface area contributed by atoms with Crippen molar-refractivity contribution in [1.82, 2.24) is 19.6 Å². The summed E-state index contributed by atoms with van der Waals surface area (Å²) in [5.74, 6) is -0.993. The zero-order chi connectivity index (χ0) is 17.8. The number of aliphatic carboxylic acids is 1. The van der Waals surface area contributed by atoms with Crippen molar-refractivity contribution in [2.24, 2.45) is 0 Å². The Morgan fingerprint density at radius 1 is 1.20 bits per heavy atom. The summed E-state index contributed by atoms with van der Waals surface area (Å²) in [7, 11) is 0. The van der Waals surface area contributed by atoms with E-state index < -0.39 is 11.9 Å². The molecule has 1 aromatic carbocycles. The third-order valence-corrected chi connectivity index (χ3v) is 3.67. The van der Waals surface area contributed by atoms with Crippen LogP contribution in [0, 0.1) is 6.92 Å². The predicted octanol–water partition coefficient (Wildman–Crippen LogP) is 1.77. The summed E-state index contributed by atoms with van der Waals surface area (Å²) >= 11 is 0. The lowest BCUT2D eigenvalue weighted by molar-refractivity contribution is -0.137. The van der Waals surface area contributed by atoms with Gasteiger partial charge in [-0.25, -0.2) is 0 Å². The molecule has 0 saturated carbocycles. The van der Waals surface area contributed by atoms with E-state index in [1.54, 1.807) is 16.9 Å². The highest BCUT2D eigenvalue weighted by Gasteiger charge is 2.12. The maximum Gasteiger partial charge on any atom is 0.325 e. The number of anilines is 1. The summed E-state index contributed by atoms with van der Waals surface area (Å²) in [6.45, 7) is 2.35. The average Bonchev–Trinajstić information content (AvgIpc) is 3.19. The molecule has 8 heteroatoms. The van der Waals surface area contributed by atoms with Gasteiger partial charge in [0.25, 0.3) is 5.91 Å². The number of carbonyl (C=O) groups excluding carboxylic acids is 1. The quantitative estimate of drug-likeness (QED) is 0.712. The molecule has 0 atom stereocenters. The normalized spacial score (nSPS) is 10.6. The lowest BCUT2D eigenvalue weighted by atomic mass is 10.1. The van der Waals surface area contributed by atoms with E-state index in [2.05, 4.69) is 15.5 Å². The largest absolute Gasteiger partial charge is 0.480 e. The number of benzene rings is 1. The van der Waals surface area contributed by atoms with Gasteiger partial charge in [0.1, 0.15) is 6.54 Å². The van der Waals surface area contributed by atoms with E-state index in [-0.39, 0.29) is 12.1 Å². The summed E-state index contributed by atoms with van der Waals surface area (Å²) in [5, 5.41) is 19.6. The van der Waals surface area contributed by atoms with E-state index in [4.69, 9.17) is 5.11 Å². The third kappa shape index (κ3) is 4.11. The number of carboxylic acids is 1. The fourth-order valence-electron chi connectivity index (χ4n) is 2.37. The molecule has 0 aliphatic rings. The minimum atomic E-state index is -1.02. The fraction of sp³-hybridized carbons (Fsp3) is 0.176.